The van der Waals surface area contributed by atoms with Crippen LogP contribution in [0.5, 0.6) is 0 Å². The minimum Gasteiger partial charge on any atom is -0.392 e. The Morgan fingerprint density at radius 2 is 1.85 bits per heavy atom. The Morgan fingerprint density at radius 3 is 2.45 bits per heavy atom. The molecule has 0 saturated heterocycles. The second-order valence-corrected chi connectivity index (χ2v) is 5.21. The summed E-state index contributed by atoms with van der Waals surface area (Å²) in [7, 11) is 1.92. The van der Waals surface area contributed by atoms with Crippen LogP contribution in [0.3, 0.4) is 0 Å². The summed E-state index contributed by atoms with van der Waals surface area (Å²) in [5.41, 5.74) is 2.50. The van der Waals surface area contributed by atoms with Gasteiger partial charge in [-0.15, -0.1) is 0 Å². The molecule has 1 atom stereocenters. The number of benzene rings is 2. The second kappa shape index (κ2) is 6.25. The SMILES string of the molecule is CC(c1ccc(Cl)cc1)N(C)c1ccc(F)cc1CO. The van der Waals surface area contributed by atoms with E-state index in [-0.39, 0.29) is 18.5 Å². The highest BCUT2D eigenvalue weighted by atomic mass is 35.5. The molecule has 0 bridgehead atoms. The maximum Gasteiger partial charge on any atom is 0.123 e. The molecule has 2 rings (SSSR count). The normalized spacial score (nSPS) is 12.2. The van der Waals surface area contributed by atoms with Gasteiger partial charge in [-0.2, -0.15) is 0 Å². The lowest BCUT2D eigenvalue weighted by Gasteiger charge is -2.29. The molecule has 0 fully saturated rings. The van der Waals surface area contributed by atoms with E-state index in [9.17, 15) is 9.50 Å². The van der Waals surface area contributed by atoms with Crippen LogP contribution in [0.15, 0.2) is 42.5 Å². The molecule has 2 aromatic carbocycles. The van der Waals surface area contributed by atoms with Gasteiger partial charge in [-0.1, -0.05) is 23.7 Å². The third kappa shape index (κ3) is 3.11. The lowest BCUT2D eigenvalue weighted by molar-refractivity contribution is 0.281. The molecular formula is C16H17ClFNO. The molecule has 0 aliphatic rings. The zero-order valence-electron chi connectivity index (χ0n) is 11.5. The summed E-state index contributed by atoms with van der Waals surface area (Å²) in [4.78, 5) is 2.01. The van der Waals surface area contributed by atoms with E-state index in [0.29, 0.717) is 10.6 Å². The van der Waals surface area contributed by atoms with Gasteiger partial charge in [-0.05, 0) is 42.8 Å². The second-order valence-electron chi connectivity index (χ2n) is 4.77. The molecule has 0 aliphatic carbocycles. The Morgan fingerprint density at radius 1 is 1.20 bits per heavy atom. The zero-order valence-corrected chi connectivity index (χ0v) is 12.2. The third-order valence-electron chi connectivity index (χ3n) is 3.53. The molecule has 0 heterocycles. The van der Waals surface area contributed by atoms with Crippen molar-refractivity contribution in [1.82, 2.24) is 0 Å². The summed E-state index contributed by atoms with van der Waals surface area (Å²) in [6.45, 7) is 1.86. The number of nitrogens with zero attached hydrogens (tertiary/aromatic N) is 1. The van der Waals surface area contributed by atoms with Crippen LogP contribution in [-0.2, 0) is 6.61 Å². The zero-order chi connectivity index (χ0) is 14.7. The van der Waals surface area contributed by atoms with Crippen molar-refractivity contribution in [3.8, 4) is 0 Å². The summed E-state index contributed by atoms with van der Waals surface area (Å²) in [6, 6.07) is 12.2. The van der Waals surface area contributed by atoms with E-state index in [4.69, 9.17) is 11.6 Å². The first-order chi connectivity index (χ1) is 9.52. The van der Waals surface area contributed by atoms with Gasteiger partial charge < -0.3 is 10.0 Å². The van der Waals surface area contributed by atoms with Crippen LogP contribution in [-0.4, -0.2) is 12.2 Å². The number of anilines is 1. The fourth-order valence-electron chi connectivity index (χ4n) is 2.20. The molecule has 106 valence electrons. The summed E-state index contributed by atoms with van der Waals surface area (Å²) >= 11 is 5.89. The summed E-state index contributed by atoms with van der Waals surface area (Å²) in [6.07, 6.45) is 0. The third-order valence-corrected chi connectivity index (χ3v) is 3.78. The molecular weight excluding hydrogens is 277 g/mol. The Labute approximate surface area is 123 Å². The van der Waals surface area contributed by atoms with Crippen LogP contribution in [0.25, 0.3) is 0 Å². The quantitative estimate of drug-likeness (QED) is 0.914. The molecule has 0 amide bonds. The van der Waals surface area contributed by atoms with E-state index in [1.807, 2.05) is 43.1 Å². The minimum absolute atomic E-state index is 0.0861. The molecule has 0 aliphatic heterocycles. The summed E-state index contributed by atoms with van der Waals surface area (Å²) in [5.74, 6) is -0.342. The van der Waals surface area contributed by atoms with E-state index in [0.717, 1.165) is 11.3 Å². The number of hydrogen-bond donors (Lipinski definition) is 1. The van der Waals surface area contributed by atoms with Gasteiger partial charge in [0.25, 0.3) is 0 Å². The fraction of sp³-hybridized carbons (Fsp3) is 0.250. The number of aliphatic hydroxyl groups excluding tert-OH is 1. The van der Waals surface area contributed by atoms with Crippen LogP contribution in [0.2, 0.25) is 5.02 Å². The van der Waals surface area contributed by atoms with Crippen molar-refractivity contribution in [3.63, 3.8) is 0 Å². The van der Waals surface area contributed by atoms with E-state index in [2.05, 4.69) is 0 Å². The highest BCUT2D eigenvalue weighted by molar-refractivity contribution is 6.30. The van der Waals surface area contributed by atoms with Gasteiger partial charge in [0.15, 0.2) is 0 Å². The highest BCUT2D eigenvalue weighted by Crippen LogP contribution is 2.29. The average Bonchev–Trinajstić information content (AvgIpc) is 2.46. The minimum atomic E-state index is -0.342. The van der Waals surface area contributed by atoms with Crippen molar-refractivity contribution >= 4 is 17.3 Å². The lowest BCUT2D eigenvalue weighted by atomic mass is 10.1. The average molecular weight is 294 g/mol. The standard InChI is InChI=1S/C16H17ClFNO/c1-11(12-3-5-14(17)6-4-12)19(2)16-8-7-15(18)9-13(16)10-20/h3-9,11,20H,10H2,1-2H3. The monoisotopic (exact) mass is 293 g/mol. The maximum absolute atomic E-state index is 13.2. The maximum atomic E-state index is 13.2. The van der Waals surface area contributed by atoms with Gasteiger partial charge in [0.05, 0.1) is 12.6 Å². The number of aliphatic hydroxyl groups is 1. The molecule has 4 heteroatoms. The van der Waals surface area contributed by atoms with Gasteiger partial charge in [0, 0.05) is 23.3 Å². The molecule has 0 spiro atoms. The Kier molecular flexibility index (Phi) is 4.63. The summed E-state index contributed by atoms with van der Waals surface area (Å²) < 4.78 is 13.2. The summed E-state index contributed by atoms with van der Waals surface area (Å²) in [5, 5.41) is 10.1. The van der Waals surface area contributed by atoms with Crippen molar-refractivity contribution in [2.24, 2.45) is 0 Å². The topological polar surface area (TPSA) is 23.5 Å². The van der Waals surface area contributed by atoms with Crippen LogP contribution in [0, 0.1) is 5.82 Å². The first-order valence-electron chi connectivity index (χ1n) is 6.40. The van der Waals surface area contributed by atoms with Crippen LogP contribution in [0.1, 0.15) is 24.1 Å². The molecule has 20 heavy (non-hydrogen) atoms. The van der Waals surface area contributed by atoms with Gasteiger partial charge >= 0.3 is 0 Å². The van der Waals surface area contributed by atoms with Gasteiger partial charge in [0.2, 0.25) is 0 Å². The Bertz CT molecular complexity index is 586. The van der Waals surface area contributed by atoms with Gasteiger partial charge in [0.1, 0.15) is 5.82 Å². The predicted molar refractivity (Wildman–Crippen MR) is 80.6 cm³/mol. The molecule has 0 aromatic heterocycles. The molecule has 1 unspecified atom stereocenters. The van der Waals surface area contributed by atoms with Crippen molar-refractivity contribution in [1.29, 1.82) is 0 Å². The number of hydrogen-bond acceptors (Lipinski definition) is 2. The lowest BCUT2D eigenvalue weighted by Crippen LogP contribution is -2.23. The van der Waals surface area contributed by atoms with E-state index >= 15 is 0 Å². The smallest absolute Gasteiger partial charge is 0.123 e. The Hall–Kier alpha value is -1.58. The van der Waals surface area contributed by atoms with Crippen molar-refractivity contribution in [2.45, 2.75) is 19.6 Å². The van der Waals surface area contributed by atoms with E-state index in [1.165, 1.54) is 12.1 Å². The highest BCUT2D eigenvalue weighted by Gasteiger charge is 2.15. The largest absolute Gasteiger partial charge is 0.392 e. The fourth-order valence-corrected chi connectivity index (χ4v) is 2.32. The number of rotatable bonds is 4. The molecule has 0 saturated carbocycles. The first-order valence-corrected chi connectivity index (χ1v) is 6.78. The van der Waals surface area contributed by atoms with Crippen LogP contribution >= 0.6 is 11.6 Å². The molecule has 1 N–H and O–H groups in total. The van der Waals surface area contributed by atoms with Crippen molar-refractivity contribution in [2.75, 3.05) is 11.9 Å². The Balaban J connectivity index is 2.30. The van der Waals surface area contributed by atoms with Crippen molar-refractivity contribution in [3.05, 3.63) is 64.4 Å². The van der Waals surface area contributed by atoms with E-state index in [1.54, 1.807) is 6.07 Å². The predicted octanol–water partition coefficient (Wildman–Crippen LogP) is 4.17. The van der Waals surface area contributed by atoms with Crippen LogP contribution < -0.4 is 4.90 Å². The first kappa shape index (κ1) is 14.8. The van der Waals surface area contributed by atoms with Gasteiger partial charge in [-0.25, -0.2) is 4.39 Å². The number of halogens is 2. The van der Waals surface area contributed by atoms with Crippen molar-refractivity contribution < 1.29 is 9.50 Å². The van der Waals surface area contributed by atoms with Gasteiger partial charge in [-0.3, -0.25) is 0 Å². The molecule has 2 aromatic rings. The molecule has 2 nitrogen and oxygen atoms in total. The van der Waals surface area contributed by atoms with Crippen LogP contribution in [0.4, 0.5) is 10.1 Å². The molecule has 0 radical (unpaired) electrons. The van der Waals surface area contributed by atoms with E-state index < -0.39 is 0 Å².